The Morgan fingerprint density at radius 3 is 2.46 bits per heavy atom. The number of nitrogens with zero attached hydrogens (tertiary/aromatic N) is 2. The molecule has 26 heavy (non-hydrogen) atoms. The third kappa shape index (κ3) is 4.38. The van der Waals surface area contributed by atoms with Gasteiger partial charge in [-0.1, -0.05) is 0 Å². The van der Waals surface area contributed by atoms with E-state index in [1.165, 1.54) is 0 Å². The van der Waals surface area contributed by atoms with E-state index in [1.54, 1.807) is 4.90 Å². The first-order chi connectivity index (χ1) is 12.6. The van der Waals surface area contributed by atoms with Crippen molar-refractivity contribution in [3.05, 3.63) is 24.5 Å². The largest absolute Gasteiger partial charge is 0.450 e. The minimum absolute atomic E-state index is 0.0789. The van der Waals surface area contributed by atoms with Gasteiger partial charge in [-0.3, -0.25) is 4.79 Å². The second-order valence-corrected chi connectivity index (χ2v) is 7.13. The molecule has 1 aromatic rings. The third-order valence-corrected chi connectivity index (χ3v) is 5.45. The van der Waals surface area contributed by atoms with Crippen molar-refractivity contribution in [2.45, 2.75) is 50.6 Å². The fourth-order valence-electron chi connectivity index (χ4n) is 3.93. The van der Waals surface area contributed by atoms with Crippen molar-refractivity contribution in [3.63, 3.8) is 0 Å². The zero-order valence-corrected chi connectivity index (χ0v) is 15.5. The van der Waals surface area contributed by atoms with Gasteiger partial charge in [0.25, 0.3) is 0 Å². The number of carbonyl (C=O) groups excluding carboxylic acids is 2. The summed E-state index contributed by atoms with van der Waals surface area (Å²) in [6.07, 6.45) is 7.50. The average Bonchev–Trinajstić information content (AvgIpc) is 3.18. The second kappa shape index (κ2) is 8.58. The molecule has 0 radical (unpaired) electrons. The Labute approximate surface area is 154 Å². The molecular formula is C19H29N3O4. The molecule has 2 amide bonds. The Balaban J connectivity index is 1.53. The fourth-order valence-corrected chi connectivity index (χ4v) is 3.93. The van der Waals surface area contributed by atoms with Gasteiger partial charge in [0.05, 0.1) is 18.6 Å². The summed E-state index contributed by atoms with van der Waals surface area (Å²) in [6.45, 7) is 4.82. The highest BCUT2D eigenvalue weighted by Crippen LogP contribution is 2.33. The predicted octanol–water partition coefficient (Wildman–Crippen LogP) is 2.12. The lowest BCUT2D eigenvalue weighted by Crippen LogP contribution is -2.49. The number of aromatic nitrogens is 1. The summed E-state index contributed by atoms with van der Waals surface area (Å²) in [5.41, 5.74) is -0.197. The lowest BCUT2D eigenvalue weighted by Gasteiger charge is -2.39. The lowest BCUT2D eigenvalue weighted by atomic mass is 9.85. The molecule has 0 aliphatic carbocycles. The van der Waals surface area contributed by atoms with Gasteiger partial charge < -0.3 is 24.3 Å². The van der Waals surface area contributed by atoms with E-state index in [0.717, 1.165) is 25.7 Å². The first-order valence-electron chi connectivity index (χ1n) is 9.55. The molecule has 0 spiro atoms. The van der Waals surface area contributed by atoms with E-state index in [0.29, 0.717) is 39.3 Å². The van der Waals surface area contributed by atoms with Crippen LogP contribution in [-0.2, 0) is 19.8 Å². The molecule has 0 bridgehead atoms. The maximum atomic E-state index is 12.7. The third-order valence-electron chi connectivity index (χ3n) is 5.45. The quantitative estimate of drug-likeness (QED) is 0.870. The highest BCUT2D eigenvalue weighted by Gasteiger charge is 2.36. The van der Waals surface area contributed by atoms with Gasteiger partial charge in [-0.05, 0) is 44.7 Å². The van der Waals surface area contributed by atoms with E-state index in [1.807, 2.05) is 31.5 Å². The zero-order chi connectivity index (χ0) is 18.4. The topological polar surface area (TPSA) is 72.8 Å². The molecule has 3 rings (SSSR count). The van der Waals surface area contributed by atoms with Crippen LogP contribution in [-0.4, -0.2) is 60.4 Å². The molecular weight excluding hydrogens is 334 g/mol. The van der Waals surface area contributed by atoms with Crippen LogP contribution in [0.5, 0.6) is 0 Å². The number of piperidine rings is 1. The summed E-state index contributed by atoms with van der Waals surface area (Å²) in [5.74, 6) is 0.0789. The number of nitrogens with one attached hydrogen (secondary N) is 1. The van der Waals surface area contributed by atoms with Gasteiger partial charge in [0.2, 0.25) is 5.91 Å². The summed E-state index contributed by atoms with van der Waals surface area (Å²) in [4.78, 5) is 26.2. The fraction of sp³-hybridized carbons (Fsp3) is 0.684. The van der Waals surface area contributed by atoms with E-state index in [-0.39, 0.29) is 23.6 Å². The Hall–Kier alpha value is -2.02. The normalized spacial score (nSPS) is 20.6. The SMILES string of the molecule is CCOC(=O)N1CCC(NC(=O)CC2(n3cccc3)CCOCC2)CC1. The van der Waals surface area contributed by atoms with E-state index in [2.05, 4.69) is 9.88 Å². The van der Waals surface area contributed by atoms with Crippen molar-refractivity contribution < 1.29 is 19.1 Å². The van der Waals surface area contributed by atoms with E-state index >= 15 is 0 Å². The van der Waals surface area contributed by atoms with Crippen molar-refractivity contribution >= 4 is 12.0 Å². The molecule has 2 aliphatic heterocycles. The van der Waals surface area contributed by atoms with Crippen molar-refractivity contribution in [1.29, 1.82) is 0 Å². The zero-order valence-electron chi connectivity index (χ0n) is 15.5. The van der Waals surface area contributed by atoms with Crippen LogP contribution in [0.25, 0.3) is 0 Å². The number of rotatable bonds is 5. The summed E-state index contributed by atoms with van der Waals surface area (Å²) in [6, 6.07) is 4.12. The monoisotopic (exact) mass is 363 g/mol. The number of ether oxygens (including phenoxy) is 2. The molecule has 0 atom stereocenters. The van der Waals surface area contributed by atoms with Crippen LogP contribution in [0.2, 0.25) is 0 Å². The molecule has 1 N–H and O–H groups in total. The minimum Gasteiger partial charge on any atom is -0.450 e. The Kier molecular flexibility index (Phi) is 6.19. The van der Waals surface area contributed by atoms with Crippen LogP contribution in [0, 0.1) is 0 Å². The molecule has 2 fully saturated rings. The van der Waals surface area contributed by atoms with Crippen molar-refractivity contribution in [2.24, 2.45) is 0 Å². The van der Waals surface area contributed by atoms with Crippen LogP contribution in [0.3, 0.4) is 0 Å². The van der Waals surface area contributed by atoms with Gasteiger partial charge in [-0.15, -0.1) is 0 Å². The number of carbonyl (C=O) groups is 2. The summed E-state index contributed by atoms with van der Waals surface area (Å²) >= 11 is 0. The maximum absolute atomic E-state index is 12.7. The Morgan fingerprint density at radius 2 is 1.85 bits per heavy atom. The molecule has 7 nitrogen and oxygen atoms in total. The summed E-state index contributed by atoms with van der Waals surface area (Å²) in [7, 11) is 0. The van der Waals surface area contributed by atoms with Gasteiger partial charge in [0.1, 0.15) is 0 Å². The van der Waals surface area contributed by atoms with Gasteiger partial charge in [0.15, 0.2) is 0 Å². The Morgan fingerprint density at radius 1 is 1.19 bits per heavy atom. The van der Waals surface area contributed by atoms with Crippen LogP contribution in [0.15, 0.2) is 24.5 Å². The Bertz CT molecular complexity index is 588. The van der Waals surface area contributed by atoms with Gasteiger partial charge in [-0.25, -0.2) is 4.79 Å². The van der Waals surface area contributed by atoms with Crippen LogP contribution >= 0.6 is 0 Å². The van der Waals surface area contributed by atoms with Crippen molar-refractivity contribution in [2.75, 3.05) is 32.9 Å². The second-order valence-electron chi connectivity index (χ2n) is 7.13. The summed E-state index contributed by atoms with van der Waals surface area (Å²) < 4.78 is 12.7. The first-order valence-corrected chi connectivity index (χ1v) is 9.55. The number of hydrogen-bond acceptors (Lipinski definition) is 4. The summed E-state index contributed by atoms with van der Waals surface area (Å²) in [5, 5.41) is 3.17. The average molecular weight is 363 g/mol. The molecule has 3 heterocycles. The molecule has 0 unspecified atom stereocenters. The lowest BCUT2D eigenvalue weighted by molar-refractivity contribution is -0.125. The molecule has 0 aromatic carbocycles. The van der Waals surface area contributed by atoms with Crippen molar-refractivity contribution in [1.82, 2.24) is 14.8 Å². The maximum Gasteiger partial charge on any atom is 0.409 e. The highest BCUT2D eigenvalue weighted by atomic mass is 16.6. The molecule has 2 aliphatic rings. The van der Waals surface area contributed by atoms with Crippen molar-refractivity contribution in [3.8, 4) is 0 Å². The van der Waals surface area contributed by atoms with Crippen LogP contribution in [0.1, 0.15) is 39.0 Å². The molecule has 0 saturated carbocycles. The number of likely N-dealkylation sites (tertiary alicyclic amines) is 1. The van der Waals surface area contributed by atoms with E-state index in [9.17, 15) is 9.59 Å². The standard InChI is InChI=1S/C19H29N3O4/c1-2-26-18(24)21-11-5-16(6-12-21)20-17(23)15-19(7-13-25-14-8-19)22-9-3-4-10-22/h3-4,9-10,16H,2,5-8,11-15H2,1H3,(H,20,23). The number of amides is 2. The molecule has 1 aromatic heterocycles. The molecule has 144 valence electrons. The van der Waals surface area contributed by atoms with Crippen LogP contribution in [0.4, 0.5) is 4.79 Å². The van der Waals surface area contributed by atoms with E-state index in [4.69, 9.17) is 9.47 Å². The smallest absolute Gasteiger partial charge is 0.409 e. The predicted molar refractivity (Wildman–Crippen MR) is 96.8 cm³/mol. The van der Waals surface area contributed by atoms with Crippen LogP contribution < -0.4 is 5.32 Å². The molecule has 7 heteroatoms. The molecule has 2 saturated heterocycles. The number of hydrogen-bond donors (Lipinski definition) is 1. The first kappa shape index (κ1) is 18.8. The van der Waals surface area contributed by atoms with E-state index < -0.39 is 0 Å². The highest BCUT2D eigenvalue weighted by molar-refractivity contribution is 5.77. The van der Waals surface area contributed by atoms with Gasteiger partial charge >= 0.3 is 6.09 Å². The van der Waals surface area contributed by atoms with Gasteiger partial charge in [-0.2, -0.15) is 0 Å². The minimum atomic E-state index is -0.258. The van der Waals surface area contributed by atoms with Gasteiger partial charge in [0, 0.05) is 44.7 Å².